The largest absolute Gasteiger partial charge is 0.486 e. The maximum Gasteiger partial charge on any atom is 0.354 e. The topological polar surface area (TPSA) is 67.7 Å². The van der Waals surface area contributed by atoms with Crippen LogP contribution in [-0.4, -0.2) is 58.5 Å². The number of para-hydroxylation sites is 1. The Morgan fingerprint density at radius 3 is 2.51 bits per heavy atom. The summed E-state index contributed by atoms with van der Waals surface area (Å²) >= 11 is 0. The number of rotatable bonds is 4. The average molecular weight is 661 g/mol. The minimum absolute atomic E-state index is 0.00511. The van der Waals surface area contributed by atoms with E-state index >= 15 is 12.2 Å². The fourth-order valence-corrected chi connectivity index (χ4v) is 8.30. The Hall–Kier alpha value is -3.89. The van der Waals surface area contributed by atoms with Gasteiger partial charge in [-0.2, -0.15) is 12.8 Å². The Morgan fingerprint density at radius 2 is 1.84 bits per heavy atom. The summed E-state index contributed by atoms with van der Waals surface area (Å²) in [5.74, 6) is -2.00. The summed E-state index contributed by atoms with van der Waals surface area (Å²) in [5.41, 5.74) is 0.295. The third kappa shape index (κ3) is 5.17. The normalized spacial score (nSPS) is 18.0. The molecule has 2 aliphatic heterocycles. The van der Waals surface area contributed by atoms with Gasteiger partial charge in [-0.15, -0.1) is 0 Å². The van der Waals surface area contributed by atoms with Crippen LogP contribution in [0, 0.1) is 18.6 Å². The lowest BCUT2D eigenvalue weighted by Crippen LogP contribution is -2.54. The number of hydrogen-bond donors (Lipinski definition) is 0. The molecule has 0 bridgehead atoms. The van der Waals surface area contributed by atoms with Crippen molar-refractivity contribution in [2.24, 2.45) is 0 Å². The van der Waals surface area contributed by atoms with E-state index in [0.29, 0.717) is 36.1 Å². The fourth-order valence-electron chi connectivity index (χ4n) is 6.31. The first-order chi connectivity index (χ1) is 20.9. The molecular formula is C32H33F4N4O3PS. The number of halogens is 4. The van der Waals surface area contributed by atoms with Crippen molar-refractivity contribution < 1.29 is 26.1 Å². The van der Waals surface area contributed by atoms with E-state index in [4.69, 9.17) is 4.74 Å². The van der Waals surface area contributed by atoms with Crippen LogP contribution >= 0.6 is 17.1 Å². The number of piperazine rings is 1. The molecule has 1 unspecified atom stereocenters. The van der Waals surface area contributed by atoms with Crippen molar-refractivity contribution >= 4 is 39.8 Å². The Bertz CT molecular complexity index is 2010. The Balaban J connectivity index is 1.73. The molecule has 3 heterocycles. The van der Waals surface area contributed by atoms with E-state index in [-0.39, 0.29) is 57.3 Å². The monoisotopic (exact) mass is 660 g/mol. The first-order valence-electron chi connectivity index (χ1n) is 14.2. The van der Waals surface area contributed by atoms with Crippen LogP contribution in [0.1, 0.15) is 18.1 Å². The first-order valence-corrected chi connectivity index (χ1v) is 18.8. The molecule has 0 spiro atoms. The third-order valence-electron chi connectivity index (χ3n) is 8.34. The van der Waals surface area contributed by atoms with Crippen molar-refractivity contribution in [2.75, 3.05) is 37.0 Å². The number of nitrogens with zero attached hydrogens (tertiary/aromatic N) is 4. The molecule has 7 nitrogen and oxygen atoms in total. The summed E-state index contributed by atoms with van der Waals surface area (Å²) in [6.07, 6.45) is 2.95. The van der Waals surface area contributed by atoms with Gasteiger partial charge in [0.15, 0.2) is 17.4 Å². The number of anilines is 1. The maximum atomic E-state index is 16.3. The third-order valence-corrected chi connectivity index (χ3v) is 10.9. The van der Waals surface area contributed by atoms with Crippen LogP contribution in [-0.2, 0) is 11.4 Å². The van der Waals surface area contributed by atoms with E-state index in [1.54, 1.807) is 32.4 Å². The number of benzene rings is 3. The van der Waals surface area contributed by atoms with E-state index in [9.17, 15) is 14.0 Å². The van der Waals surface area contributed by atoms with Crippen molar-refractivity contribution in [1.82, 2.24) is 14.5 Å². The molecule has 0 aliphatic carbocycles. The minimum atomic E-state index is -5.99. The molecule has 0 radical (unpaired) electrons. The summed E-state index contributed by atoms with van der Waals surface area (Å²) < 4.78 is 70.0. The first kappa shape index (κ1) is 31.1. The number of carbonyl (C=O) groups excluding carboxylic acids is 1. The van der Waals surface area contributed by atoms with Gasteiger partial charge in [-0.05, 0) is 58.4 Å². The molecule has 238 valence electrons. The molecule has 0 N–H and O–H groups in total. The quantitative estimate of drug-likeness (QED) is 0.137. The maximum absolute atomic E-state index is 16.3. The SMILES string of the molecule is C=CC(=O)N1CCN(c2nc(=O)n(-c3ccccc3S(C)(C)(F)(F)P)c3c4c(c(C)cc23)-c2c(ccc(F)c2F)CO4)[C@@H](C)C1. The summed E-state index contributed by atoms with van der Waals surface area (Å²) in [6.45, 7) is 8.01. The van der Waals surface area contributed by atoms with Gasteiger partial charge < -0.3 is 14.5 Å². The second-order valence-corrected chi connectivity index (χ2v) is 22.3. The number of aromatic nitrogens is 2. The Morgan fingerprint density at radius 1 is 1.13 bits per heavy atom. The second kappa shape index (κ2) is 9.80. The number of ether oxygens (including phenoxy) is 1. The molecule has 0 saturated carbocycles. The van der Waals surface area contributed by atoms with Gasteiger partial charge in [0.2, 0.25) is 5.91 Å². The van der Waals surface area contributed by atoms with E-state index in [1.165, 1.54) is 30.3 Å². The summed E-state index contributed by atoms with van der Waals surface area (Å²) in [7, 11) is -4.27. The van der Waals surface area contributed by atoms with Gasteiger partial charge in [0.1, 0.15) is 17.9 Å². The molecule has 2 atom stereocenters. The van der Waals surface area contributed by atoms with E-state index in [1.807, 2.05) is 11.8 Å². The zero-order valence-corrected chi connectivity index (χ0v) is 27.2. The molecule has 13 heteroatoms. The van der Waals surface area contributed by atoms with Gasteiger partial charge in [0, 0.05) is 60.3 Å². The van der Waals surface area contributed by atoms with Crippen LogP contribution in [0.25, 0.3) is 27.7 Å². The zero-order chi connectivity index (χ0) is 32.7. The highest BCUT2D eigenvalue weighted by atomic mass is 32.9. The number of aryl methyl sites for hydroxylation is 1. The molecule has 1 aromatic heterocycles. The van der Waals surface area contributed by atoms with E-state index in [0.717, 1.165) is 23.1 Å². The van der Waals surface area contributed by atoms with Crippen LogP contribution < -0.4 is 15.3 Å². The van der Waals surface area contributed by atoms with Crippen molar-refractivity contribution in [1.29, 1.82) is 0 Å². The van der Waals surface area contributed by atoms with Gasteiger partial charge in [0.25, 0.3) is 0 Å². The van der Waals surface area contributed by atoms with Crippen LogP contribution in [0.15, 0.2) is 64.8 Å². The zero-order valence-electron chi connectivity index (χ0n) is 25.2. The average Bonchev–Trinajstić information content (AvgIpc) is 2.97. The number of fused-ring (bicyclic) bond motifs is 5. The smallest absolute Gasteiger partial charge is 0.354 e. The van der Waals surface area contributed by atoms with Crippen molar-refractivity contribution in [3.63, 3.8) is 0 Å². The van der Waals surface area contributed by atoms with Crippen molar-refractivity contribution in [2.45, 2.75) is 31.4 Å². The van der Waals surface area contributed by atoms with Crippen LogP contribution in [0.5, 0.6) is 5.75 Å². The second-order valence-electron chi connectivity index (χ2n) is 12.4. The van der Waals surface area contributed by atoms with Gasteiger partial charge >= 0.3 is 5.69 Å². The van der Waals surface area contributed by atoms with Crippen LogP contribution in [0.3, 0.4) is 0 Å². The van der Waals surface area contributed by atoms with Crippen molar-refractivity contribution in [3.8, 4) is 22.6 Å². The lowest BCUT2D eigenvalue weighted by Gasteiger charge is -2.56. The highest BCUT2D eigenvalue weighted by molar-refractivity contribution is 8.86. The molecule has 1 amide bonds. The standard InChI is InChI=1S/C32H33F4N4O3PS/c1-6-25(41)38-13-14-39(19(3)16-38)31-21-15-18(2)26-27-20(11-12-22(33)28(27)34)17-43-30(26)29(21)40(32(42)37-31)23-9-7-8-10-24(23)45(4,5,35,36)44/h6-12,15,19H,1,13-14,16-17,44H2,2-5H3/t19-/m0/s1. The summed E-state index contributed by atoms with van der Waals surface area (Å²) in [4.78, 5) is 34.1. The highest BCUT2D eigenvalue weighted by Crippen LogP contribution is 2.99. The lowest BCUT2D eigenvalue weighted by atomic mass is 9.91. The lowest BCUT2D eigenvalue weighted by molar-refractivity contribution is -0.126. The number of hydrogen-bond acceptors (Lipinski definition) is 5. The number of amides is 1. The van der Waals surface area contributed by atoms with Gasteiger partial charge in [0.05, 0.1) is 10.6 Å². The number of carbonyl (C=O) groups is 1. The molecule has 2 aliphatic rings. The van der Waals surface area contributed by atoms with E-state index in [2.05, 4.69) is 11.6 Å². The predicted molar refractivity (Wildman–Crippen MR) is 175 cm³/mol. The highest BCUT2D eigenvalue weighted by Gasteiger charge is 2.51. The molecule has 1 fully saturated rings. The summed E-state index contributed by atoms with van der Waals surface area (Å²) in [6, 6.07) is 9.59. The van der Waals surface area contributed by atoms with Gasteiger partial charge in [-0.1, -0.05) is 33.2 Å². The van der Waals surface area contributed by atoms with Crippen LogP contribution in [0.2, 0.25) is 0 Å². The van der Waals surface area contributed by atoms with E-state index < -0.39 is 26.0 Å². The van der Waals surface area contributed by atoms with Crippen LogP contribution in [0.4, 0.5) is 22.4 Å². The Labute approximate surface area is 259 Å². The van der Waals surface area contributed by atoms with Gasteiger partial charge in [-0.25, -0.2) is 13.6 Å². The molecule has 1 saturated heterocycles. The molecule has 6 rings (SSSR count). The molecular weight excluding hydrogens is 627 g/mol. The van der Waals surface area contributed by atoms with Gasteiger partial charge in [-0.3, -0.25) is 9.36 Å². The Kier molecular flexibility index (Phi) is 6.78. The molecule has 4 aromatic rings. The minimum Gasteiger partial charge on any atom is -0.486 e. The summed E-state index contributed by atoms with van der Waals surface area (Å²) in [5, 5.41) is 0.401. The fraction of sp³-hybridized carbons (Fsp3) is 0.281. The molecule has 45 heavy (non-hydrogen) atoms. The predicted octanol–water partition coefficient (Wildman–Crippen LogP) is 6.81. The van der Waals surface area contributed by atoms with Crippen molar-refractivity contribution in [3.05, 3.63) is 88.4 Å². The molecule has 3 aromatic carbocycles.